The highest BCUT2D eigenvalue weighted by Crippen LogP contribution is 2.61. The molecule has 1 heterocycles. The molecule has 1 saturated heterocycles. The zero-order valence-corrected chi connectivity index (χ0v) is 25.5. The minimum absolute atomic E-state index is 0.0931. The number of carboxylic acids is 1. The number of carbonyl (C=O) groups excluding carboxylic acids is 1. The van der Waals surface area contributed by atoms with Crippen LogP contribution in [0.5, 0.6) is 0 Å². The monoisotopic (exact) mass is 686 g/mol. The lowest BCUT2D eigenvalue weighted by Gasteiger charge is -2.52. The van der Waals surface area contributed by atoms with Crippen LogP contribution in [-0.4, -0.2) is 55.2 Å². The molecule has 5 aliphatic rings. The van der Waals surface area contributed by atoms with Gasteiger partial charge in [0.25, 0.3) is 0 Å². The second-order valence-electron chi connectivity index (χ2n) is 13.2. The first-order valence-corrected chi connectivity index (χ1v) is 16.5. The molecule has 3 saturated carbocycles. The third-order valence-electron chi connectivity index (χ3n) is 11.3. The van der Waals surface area contributed by atoms with Crippen molar-refractivity contribution in [3.8, 4) is 6.07 Å². The average molecular weight is 687 g/mol. The van der Waals surface area contributed by atoms with Crippen molar-refractivity contribution in [3.05, 3.63) is 64.7 Å². The minimum atomic E-state index is -6.36. The van der Waals surface area contributed by atoms with E-state index >= 15 is 4.39 Å². The number of carboxylic acid groups (broad SMARTS) is 1. The Hall–Kier alpha value is -3.67. The van der Waals surface area contributed by atoms with Crippen LogP contribution in [0.15, 0.2) is 47.4 Å². The number of carbonyl (C=O) groups is 2. The Morgan fingerprint density at radius 1 is 0.851 bits per heavy atom. The highest BCUT2D eigenvalue weighted by molar-refractivity contribution is 7.92. The van der Waals surface area contributed by atoms with Gasteiger partial charge in [-0.3, -0.25) is 9.59 Å². The number of rotatable bonds is 5. The zero-order valence-electron chi connectivity index (χ0n) is 24.7. The molecule has 4 fully saturated rings. The molecular formula is C32H29F7N2O5S. The maximum absolute atomic E-state index is 15.1. The fraction of sp³-hybridized carbons (Fsp3) is 0.531. The van der Waals surface area contributed by atoms with E-state index in [0.29, 0.717) is 12.1 Å². The van der Waals surface area contributed by atoms with Gasteiger partial charge in [0.2, 0.25) is 5.91 Å². The molecule has 1 amide bonds. The van der Waals surface area contributed by atoms with E-state index in [1.807, 2.05) is 6.07 Å². The Morgan fingerprint density at radius 2 is 1.40 bits per heavy atom. The molecule has 2 aromatic carbocycles. The second-order valence-corrected chi connectivity index (χ2v) is 15.4. The molecule has 47 heavy (non-hydrogen) atoms. The van der Waals surface area contributed by atoms with E-state index in [9.17, 15) is 54.7 Å². The van der Waals surface area contributed by atoms with E-state index < -0.39 is 61.0 Å². The molecule has 2 unspecified atom stereocenters. The van der Waals surface area contributed by atoms with Crippen molar-refractivity contribution in [2.75, 3.05) is 6.54 Å². The number of aryl methyl sites for hydroxylation is 1. The molecule has 252 valence electrons. The zero-order chi connectivity index (χ0) is 34.4. The van der Waals surface area contributed by atoms with Crippen LogP contribution in [0.2, 0.25) is 0 Å². The largest absolute Gasteiger partial charge is 0.481 e. The molecular weight excluding hydrogens is 657 g/mol. The number of benzene rings is 2. The molecule has 7 nitrogen and oxygen atoms in total. The highest BCUT2D eigenvalue weighted by Gasteiger charge is 2.74. The van der Waals surface area contributed by atoms with Gasteiger partial charge < -0.3 is 10.0 Å². The van der Waals surface area contributed by atoms with Gasteiger partial charge in [-0.25, -0.2) is 12.8 Å². The summed E-state index contributed by atoms with van der Waals surface area (Å²) in [4.78, 5) is 27.5. The summed E-state index contributed by atoms with van der Waals surface area (Å²) < 4.78 is 124. The van der Waals surface area contributed by atoms with Crippen LogP contribution in [0.1, 0.15) is 73.6 Å². The van der Waals surface area contributed by atoms with Crippen molar-refractivity contribution < 1.29 is 53.8 Å². The summed E-state index contributed by atoms with van der Waals surface area (Å²) in [5.41, 5.74) is -9.47. The number of nitriles is 1. The minimum Gasteiger partial charge on any atom is -0.481 e. The number of halogens is 7. The lowest BCUT2D eigenvalue weighted by atomic mass is 9.53. The SMILES string of the molecule is N#Cc1ccc(S(=O)(=O)C23CCN(C(=O)C45CCC(C(=O)O)(CC4)CC5)C2CCc2cc(C(F)(C(F)(F)F)C(F)(F)F)ccc23)cc1. The number of fused-ring (bicyclic) bond motifs is 6. The number of nitrogens with zero attached hydrogens (tertiary/aromatic N) is 2. The summed E-state index contributed by atoms with van der Waals surface area (Å²) in [6, 6.07) is 7.21. The molecule has 1 N–H and O–H groups in total. The Balaban J connectivity index is 1.48. The maximum atomic E-state index is 15.1. The van der Waals surface area contributed by atoms with Crippen molar-refractivity contribution in [1.82, 2.24) is 4.90 Å². The summed E-state index contributed by atoms with van der Waals surface area (Å²) in [6.07, 6.45) is -11.7. The first-order valence-electron chi connectivity index (χ1n) is 15.1. The maximum Gasteiger partial charge on any atom is 0.435 e. The van der Waals surface area contributed by atoms with Crippen molar-refractivity contribution >= 4 is 21.7 Å². The Morgan fingerprint density at radius 3 is 1.91 bits per heavy atom. The van der Waals surface area contributed by atoms with Crippen LogP contribution in [-0.2, 0) is 36.3 Å². The quantitative estimate of drug-likeness (QED) is 0.360. The van der Waals surface area contributed by atoms with Gasteiger partial charge in [-0.05, 0) is 93.2 Å². The van der Waals surface area contributed by atoms with Gasteiger partial charge in [0.1, 0.15) is 4.75 Å². The number of sulfone groups is 1. The van der Waals surface area contributed by atoms with Crippen molar-refractivity contribution in [2.45, 2.75) is 91.5 Å². The fourth-order valence-corrected chi connectivity index (χ4v) is 10.9. The molecule has 7 rings (SSSR count). The summed E-state index contributed by atoms with van der Waals surface area (Å²) in [5.74, 6) is -1.28. The predicted octanol–water partition coefficient (Wildman–Crippen LogP) is 6.49. The van der Waals surface area contributed by atoms with E-state index in [4.69, 9.17) is 0 Å². The predicted molar refractivity (Wildman–Crippen MR) is 150 cm³/mol. The number of aliphatic carboxylic acids is 1. The van der Waals surface area contributed by atoms with Gasteiger partial charge >= 0.3 is 24.0 Å². The topological polar surface area (TPSA) is 116 Å². The molecule has 2 bridgehead atoms. The fourth-order valence-electron chi connectivity index (χ4n) is 8.52. The van der Waals surface area contributed by atoms with Gasteiger partial charge in [-0.2, -0.15) is 31.6 Å². The molecule has 0 radical (unpaired) electrons. The molecule has 0 spiro atoms. The van der Waals surface area contributed by atoms with Crippen molar-refractivity contribution in [1.29, 1.82) is 5.26 Å². The van der Waals surface area contributed by atoms with Gasteiger partial charge in [-0.15, -0.1) is 0 Å². The Kier molecular flexibility index (Phi) is 7.36. The third kappa shape index (κ3) is 4.45. The van der Waals surface area contributed by atoms with E-state index in [-0.39, 0.29) is 91.8 Å². The van der Waals surface area contributed by atoms with Crippen LogP contribution in [0.4, 0.5) is 30.7 Å². The molecule has 15 heteroatoms. The average Bonchev–Trinajstić information content (AvgIpc) is 3.45. The van der Waals surface area contributed by atoms with Crippen LogP contribution in [0, 0.1) is 22.2 Å². The summed E-state index contributed by atoms with van der Waals surface area (Å²) in [7, 11) is -4.56. The molecule has 4 aliphatic carbocycles. The summed E-state index contributed by atoms with van der Waals surface area (Å²) in [5, 5.41) is 19.0. The van der Waals surface area contributed by atoms with Crippen LogP contribution < -0.4 is 0 Å². The Bertz CT molecular complexity index is 1760. The number of amides is 1. The van der Waals surface area contributed by atoms with Crippen molar-refractivity contribution in [2.24, 2.45) is 10.8 Å². The number of alkyl halides is 7. The second kappa shape index (κ2) is 10.4. The normalized spacial score (nSPS) is 29.1. The standard InChI is InChI=1S/C32H29F7N2O5S/c33-30(31(34,35)36,32(37,38)39)21-4-7-23-20(17-21)3-8-24-29(23,47(45,46)22-5-1-19(18-40)2-6-22)15-16-41(24)25(42)27-9-12-28(13-10-27,14-11-27)26(43)44/h1-2,4-7,17,24H,3,8-16H2,(H,43,44). The Labute approximate surface area is 265 Å². The molecule has 2 aromatic rings. The first kappa shape index (κ1) is 33.2. The van der Waals surface area contributed by atoms with E-state index in [0.717, 1.165) is 6.07 Å². The smallest absolute Gasteiger partial charge is 0.435 e. The van der Waals surface area contributed by atoms with Gasteiger partial charge in [0.05, 0.1) is 28.0 Å². The summed E-state index contributed by atoms with van der Waals surface area (Å²) >= 11 is 0. The van der Waals surface area contributed by atoms with E-state index in [1.54, 1.807) is 0 Å². The molecule has 1 aliphatic heterocycles. The van der Waals surface area contributed by atoms with Crippen molar-refractivity contribution in [3.63, 3.8) is 0 Å². The number of hydrogen-bond acceptors (Lipinski definition) is 5. The highest BCUT2D eigenvalue weighted by atomic mass is 32.2. The number of hydrogen-bond donors (Lipinski definition) is 1. The van der Waals surface area contributed by atoms with Crippen LogP contribution >= 0.6 is 0 Å². The lowest BCUT2D eigenvalue weighted by molar-refractivity contribution is -0.348. The van der Waals surface area contributed by atoms with Gasteiger partial charge in [0.15, 0.2) is 9.84 Å². The van der Waals surface area contributed by atoms with E-state index in [1.165, 1.54) is 29.2 Å². The van der Waals surface area contributed by atoms with Crippen LogP contribution in [0.25, 0.3) is 0 Å². The first-order chi connectivity index (χ1) is 21.8. The third-order valence-corrected chi connectivity index (χ3v) is 13.8. The van der Waals surface area contributed by atoms with E-state index in [2.05, 4.69) is 0 Å². The molecule has 2 atom stereocenters. The van der Waals surface area contributed by atoms with Crippen LogP contribution in [0.3, 0.4) is 0 Å². The van der Waals surface area contributed by atoms with Gasteiger partial charge in [-0.1, -0.05) is 18.2 Å². The summed E-state index contributed by atoms with van der Waals surface area (Å²) in [6.45, 7) is -0.0931. The van der Waals surface area contributed by atoms with Gasteiger partial charge in [0, 0.05) is 17.5 Å². The number of likely N-dealkylation sites (tertiary alicyclic amines) is 1. The molecule has 0 aromatic heterocycles. The lowest BCUT2D eigenvalue weighted by Crippen LogP contribution is -2.57.